The summed E-state index contributed by atoms with van der Waals surface area (Å²) < 4.78 is 26.7. The van der Waals surface area contributed by atoms with Gasteiger partial charge in [0, 0.05) is 35.8 Å². The standard InChI is InChI=1S/C24H28N4O4S/c1-16-10-11-17(24(30)26-18-12-13-18)15-20(16)27-22(29)9-3-2-6-14-25-23-19-7-4-5-8-21(19)33(31,32)28-23/h4-5,7-8,10-11,15,18H,2-3,6,9,12-14H2,1H3,(H,25,28)(H,26,30)(H,27,29). The van der Waals surface area contributed by atoms with Crippen LogP contribution < -0.4 is 15.4 Å². The van der Waals surface area contributed by atoms with Gasteiger partial charge < -0.3 is 10.6 Å². The monoisotopic (exact) mass is 468 g/mol. The van der Waals surface area contributed by atoms with Crippen molar-refractivity contribution in [2.24, 2.45) is 4.99 Å². The number of carbonyl (C=O) groups is 2. The summed E-state index contributed by atoms with van der Waals surface area (Å²) >= 11 is 0. The molecule has 0 aromatic heterocycles. The van der Waals surface area contributed by atoms with Crippen LogP contribution in [-0.2, 0) is 14.8 Å². The maximum absolute atomic E-state index is 12.4. The highest BCUT2D eigenvalue weighted by Gasteiger charge is 2.29. The molecule has 1 heterocycles. The van der Waals surface area contributed by atoms with Gasteiger partial charge in [0.15, 0.2) is 0 Å². The molecular weight excluding hydrogens is 440 g/mol. The Labute approximate surface area is 193 Å². The lowest BCUT2D eigenvalue weighted by Crippen LogP contribution is -2.25. The molecular formula is C24H28N4O4S. The van der Waals surface area contributed by atoms with Gasteiger partial charge >= 0.3 is 0 Å². The van der Waals surface area contributed by atoms with Gasteiger partial charge in [-0.2, -0.15) is 0 Å². The second kappa shape index (κ2) is 9.74. The first kappa shape index (κ1) is 23.0. The van der Waals surface area contributed by atoms with Gasteiger partial charge in [-0.25, -0.2) is 8.42 Å². The number of benzene rings is 2. The number of amidine groups is 1. The maximum atomic E-state index is 12.4. The minimum atomic E-state index is -3.52. The zero-order valence-corrected chi connectivity index (χ0v) is 19.4. The molecule has 0 saturated heterocycles. The van der Waals surface area contributed by atoms with Crippen molar-refractivity contribution in [2.45, 2.75) is 56.4 Å². The molecule has 2 aromatic rings. The molecule has 1 aliphatic heterocycles. The second-order valence-corrected chi connectivity index (χ2v) is 10.1. The van der Waals surface area contributed by atoms with E-state index < -0.39 is 10.0 Å². The fourth-order valence-electron chi connectivity index (χ4n) is 3.62. The second-order valence-electron chi connectivity index (χ2n) is 8.47. The van der Waals surface area contributed by atoms with Crippen LogP contribution in [0.3, 0.4) is 0 Å². The minimum absolute atomic E-state index is 0.0957. The van der Waals surface area contributed by atoms with Crippen LogP contribution in [0.15, 0.2) is 52.4 Å². The number of aryl methyl sites for hydroxylation is 1. The largest absolute Gasteiger partial charge is 0.349 e. The molecule has 33 heavy (non-hydrogen) atoms. The smallest absolute Gasteiger partial charge is 0.263 e. The minimum Gasteiger partial charge on any atom is -0.349 e. The molecule has 1 aliphatic carbocycles. The molecule has 3 N–H and O–H groups in total. The highest BCUT2D eigenvalue weighted by molar-refractivity contribution is 7.90. The molecule has 0 spiro atoms. The Hall–Kier alpha value is -3.20. The quantitative estimate of drug-likeness (QED) is 0.490. The lowest BCUT2D eigenvalue weighted by Gasteiger charge is -2.11. The predicted molar refractivity (Wildman–Crippen MR) is 127 cm³/mol. The molecule has 1 saturated carbocycles. The highest BCUT2D eigenvalue weighted by Crippen LogP contribution is 2.23. The Morgan fingerprint density at radius 2 is 1.88 bits per heavy atom. The molecule has 8 nitrogen and oxygen atoms in total. The van der Waals surface area contributed by atoms with Crippen LogP contribution >= 0.6 is 0 Å². The summed E-state index contributed by atoms with van der Waals surface area (Å²) in [6.07, 6.45) is 4.65. The molecule has 0 unspecified atom stereocenters. The van der Waals surface area contributed by atoms with E-state index in [0.29, 0.717) is 42.0 Å². The van der Waals surface area contributed by atoms with E-state index in [9.17, 15) is 18.0 Å². The van der Waals surface area contributed by atoms with Gasteiger partial charge in [0.1, 0.15) is 5.84 Å². The van der Waals surface area contributed by atoms with Crippen molar-refractivity contribution in [3.63, 3.8) is 0 Å². The number of fused-ring (bicyclic) bond motifs is 1. The number of carbonyl (C=O) groups excluding carboxylic acids is 2. The van der Waals surface area contributed by atoms with Crippen molar-refractivity contribution in [1.82, 2.24) is 10.0 Å². The van der Waals surface area contributed by atoms with Crippen LogP contribution in [0.4, 0.5) is 5.69 Å². The molecule has 0 bridgehead atoms. The summed E-state index contributed by atoms with van der Waals surface area (Å²) in [6.45, 7) is 2.37. The maximum Gasteiger partial charge on any atom is 0.263 e. The first-order chi connectivity index (χ1) is 15.8. The van der Waals surface area contributed by atoms with E-state index in [2.05, 4.69) is 20.3 Å². The third-order valence-corrected chi connectivity index (χ3v) is 7.08. The normalized spacial score (nSPS) is 17.3. The summed E-state index contributed by atoms with van der Waals surface area (Å²) in [6, 6.07) is 12.4. The number of hydrogen-bond acceptors (Lipinski definition) is 5. The van der Waals surface area contributed by atoms with Crippen LogP contribution in [0.25, 0.3) is 0 Å². The summed E-state index contributed by atoms with van der Waals surface area (Å²) in [5.74, 6) is 0.174. The Balaban J connectivity index is 1.21. The van der Waals surface area contributed by atoms with Crippen LogP contribution in [0.5, 0.6) is 0 Å². The number of unbranched alkanes of at least 4 members (excludes halogenated alkanes) is 2. The Morgan fingerprint density at radius 1 is 1.09 bits per heavy atom. The average molecular weight is 469 g/mol. The van der Waals surface area contributed by atoms with Gasteiger partial charge in [0.2, 0.25) is 5.91 Å². The fraction of sp³-hybridized carbons (Fsp3) is 0.375. The Kier molecular flexibility index (Phi) is 6.78. The van der Waals surface area contributed by atoms with E-state index in [0.717, 1.165) is 31.2 Å². The van der Waals surface area contributed by atoms with Crippen molar-refractivity contribution in [3.8, 4) is 0 Å². The number of nitrogens with zero attached hydrogens (tertiary/aromatic N) is 1. The van der Waals surface area contributed by atoms with Gasteiger partial charge in [0.05, 0.1) is 4.90 Å². The Bertz CT molecular complexity index is 1200. The molecule has 2 aliphatic rings. The number of amides is 2. The van der Waals surface area contributed by atoms with E-state index in [4.69, 9.17) is 0 Å². The zero-order valence-electron chi connectivity index (χ0n) is 18.6. The van der Waals surface area contributed by atoms with Crippen LogP contribution in [-0.4, -0.2) is 38.7 Å². The van der Waals surface area contributed by atoms with Crippen molar-refractivity contribution in [1.29, 1.82) is 0 Å². The molecule has 4 rings (SSSR count). The Morgan fingerprint density at radius 3 is 2.67 bits per heavy atom. The van der Waals surface area contributed by atoms with Gasteiger partial charge in [-0.3, -0.25) is 19.3 Å². The number of sulfonamides is 1. The summed E-state index contributed by atoms with van der Waals surface area (Å²) in [4.78, 5) is 29.3. The molecule has 9 heteroatoms. The predicted octanol–water partition coefficient (Wildman–Crippen LogP) is 3.12. The molecule has 0 radical (unpaired) electrons. The molecule has 2 amide bonds. The van der Waals surface area contributed by atoms with Gasteiger partial charge in [-0.15, -0.1) is 0 Å². The van der Waals surface area contributed by atoms with Crippen molar-refractivity contribution < 1.29 is 18.0 Å². The summed E-state index contributed by atoms with van der Waals surface area (Å²) in [7, 11) is -3.52. The van der Waals surface area contributed by atoms with Gasteiger partial charge in [0.25, 0.3) is 15.9 Å². The first-order valence-corrected chi connectivity index (χ1v) is 12.7. The lowest BCUT2D eigenvalue weighted by atomic mass is 10.1. The fourth-order valence-corrected chi connectivity index (χ4v) is 4.87. The summed E-state index contributed by atoms with van der Waals surface area (Å²) in [5.41, 5.74) is 2.70. The van der Waals surface area contributed by atoms with Crippen molar-refractivity contribution in [2.75, 3.05) is 11.9 Å². The number of nitrogens with one attached hydrogen (secondary N) is 3. The first-order valence-electron chi connectivity index (χ1n) is 11.2. The van der Waals surface area contributed by atoms with Gasteiger partial charge in [-0.1, -0.05) is 24.6 Å². The number of hydrogen-bond donors (Lipinski definition) is 3. The third-order valence-electron chi connectivity index (χ3n) is 5.68. The van der Waals surface area contributed by atoms with E-state index in [1.54, 1.807) is 36.4 Å². The molecule has 174 valence electrons. The van der Waals surface area contributed by atoms with Crippen LogP contribution in [0.1, 0.15) is 60.0 Å². The van der Waals surface area contributed by atoms with Gasteiger partial charge in [-0.05, 0) is 62.4 Å². The van der Waals surface area contributed by atoms with Crippen LogP contribution in [0, 0.1) is 6.92 Å². The number of aliphatic imine (C=N–C) groups is 1. The zero-order chi connectivity index (χ0) is 23.4. The molecule has 0 atom stereocenters. The lowest BCUT2D eigenvalue weighted by molar-refractivity contribution is -0.116. The van der Waals surface area contributed by atoms with E-state index >= 15 is 0 Å². The van der Waals surface area contributed by atoms with E-state index in [1.165, 1.54) is 0 Å². The molecule has 2 aromatic carbocycles. The van der Waals surface area contributed by atoms with Crippen molar-refractivity contribution >= 4 is 33.4 Å². The highest BCUT2D eigenvalue weighted by atomic mass is 32.2. The van der Waals surface area contributed by atoms with E-state index in [1.807, 2.05) is 13.0 Å². The summed E-state index contributed by atoms with van der Waals surface area (Å²) in [5, 5.41) is 5.86. The van der Waals surface area contributed by atoms with Crippen LogP contribution in [0.2, 0.25) is 0 Å². The SMILES string of the molecule is Cc1ccc(C(=O)NC2CC2)cc1NC(=O)CCCCCN=C1NS(=O)(=O)c2ccccc21. The van der Waals surface area contributed by atoms with E-state index in [-0.39, 0.29) is 22.8 Å². The number of rotatable bonds is 9. The number of anilines is 1. The average Bonchev–Trinajstić information content (AvgIpc) is 3.56. The molecule has 1 fully saturated rings. The topological polar surface area (TPSA) is 117 Å². The third kappa shape index (κ3) is 5.78. The van der Waals surface area contributed by atoms with Crippen molar-refractivity contribution in [3.05, 3.63) is 59.2 Å².